The van der Waals surface area contributed by atoms with Crippen LogP contribution < -0.4 is 5.32 Å². The van der Waals surface area contributed by atoms with E-state index < -0.39 is 5.82 Å². The summed E-state index contributed by atoms with van der Waals surface area (Å²) in [6.07, 6.45) is 1.85. The summed E-state index contributed by atoms with van der Waals surface area (Å²) >= 11 is 5.72. The Bertz CT molecular complexity index is 659. The van der Waals surface area contributed by atoms with Crippen molar-refractivity contribution in [3.05, 3.63) is 46.3 Å². The number of hydrogen-bond donors (Lipinski definition) is 1. The van der Waals surface area contributed by atoms with Crippen molar-refractivity contribution in [2.75, 3.05) is 13.2 Å². The van der Waals surface area contributed by atoms with E-state index in [1.54, 1.807) is 19.1 Å². The zero-order valence-corrected chi connectivity index (χ0v) is 13.6. The summed E-state index contributed by atoms with van der Waals surface area (Å²) in [5, 5.41) is 7.43. The fourth-order valence-electron chi connectivity index (χ4n) is 2.82. The van der Waals surface area contributed by atoms with Gasteiger partial charge in [0.2, 0.25) is 5.89 Å². The molecule has 1 atom stereocenters. The van der Waals surface area contributed by atoms with Gasteiger partial charge in [-0.15, -0.1) is 0 Å². The van der Waals surface area contributed by atoms with E-state index in [0.717, 1.165) is 31.6 Å². The zero-order chi connectivity index (χ0) is 16.2. The number of aromatic nitrogens is 2. The van der Waals surface area contributed by atoms with E-state index in [1.807, 2.05) is 0 Å². The monoisotopic (exact) mass is 339 g/mol. The molecule has 5 nitrogen and oxygen atoms in total. The molecule has 0 radical (unpaired) electrons. The minimum atomic E-state index is -0.415. The van der Waals surface area contributed by atoms with E-state index in [4.69, 9.17) is 20.9 Å². The van der Waals surface area contributed by atoms with Gasteiger partial charge in [-0.05, 0) is 43.4 Å². The molecule has 0 saturated carbocycles. The van der Waals surface area contributed by atoms with Crippen molar-refractivity contribution in [1.29, 1.82) is 0 Å². The molecule has 1 aliphatic heterocycles. The normalized spacial score (nSPS) is 17.3. The summed E-state index contributed by atoms with van der Waals surface area (Å²) in [5.74, 6) is 1.11. The molecule has 1 unspecified atom stereocenters. The maximum atomic E-state index is 13.6. The van der Waals surface area contributed by atoms with Gasteiger partial charge in [-0.2, -0.15) is 4.98 Å². The van der Waals surface area contributed by atoms with Gasteiger partial charge in [0.15, 0.2) is 5.82 Å². The lowest BCUT2D eigenvalue weighted by Crippen LogP contribution is -2.32. The smallest absolute Gasteiger partial charge is 0.244 e. The number of halogens is 2. The standard InChI is InChI=1S/C16H19ClFN3O2/c1-10-20-16(23-21-10)15(12-4-6-22-7-5-12)19-9-11-2-3-13(17)14(18)8-11/h2-3,8,12,15,19H,4-7,9H2,1H3. The maximum absolute atomic E-state index is 13.6. The molecule has 1 N–H and O–H groups in total. The molecule has 1 fully saturated rings. The number of aryl methyl sites for hydroxylation is 1. The Morgan fingerprint density at radius 2 is 2.17 bits per heavy atom. The molecule has 3 rings (SSSR count). The van der Waals surface area contributed by atoms with Gasteiger partial charge in [-0.3, -0.25) is 0 Å². The highest BCUT2D eigenvalue weighted by molar-refractivity contribution is 6.30. The number of nitrogens with zero attached hydrogens (tertiary/aromatic N) is 2. The molecule has 1 aliphatic rings. The van der Waals surface area contributed by atoms with Crippen LogP contribution in [0.2, 0.25) is 5.02 Å². The summed E-state index contributed by atoms with van der Waals surface area (Å²) in [4.78, 5) is 4.35. The Hall–Kier alpha value is -1.50. The second-order valence-corrected chi connectivity index (χ2v) is 6.14. The minimum Gasteiger partial charge on any atom is -0.381 e. The van der Waals surface area contributed by atoms with Crippen molar-refractivity contribution >= 4 is 11.6 Å². The summed E-state index contributed by atoms with van der Waals surface area (Å²) in [7, 11) is 0. The largest absolute Gasteiger partial charge is 0.381 e. The molecule has 2 heterocycles. The number of rotatable bonds is 5. The van der Waals surface area contributed by atoms with Crippen LogP contribution in [0.4, 0.5) is 4.39 Å². The lowest BCUT2D eigenvalue weighted by molar-refractivity contribution is 0.0485. The number of hydrogen-bond acceptors (Lipinski definition) is 5. The SMILES string of the molecule is Cc1noc(C(NCc2ccc(Cl)c(F)c2)C2CCOCC2)n1. The van der Waals surface area contributed by atoms with E-state index in [-0.39, 0.29) is 11.1 Å². The highest BCUT2D eigenvalue weighted by Gasteiger charge is 2.29. The number of ether oxygens (including phenoxy) is 1. The van der Waals surface area contributed by atoms with Gasteiger partial charge in [-0.1, -0.05) is 22.8 Å². The first kappa shape index (κ1) is 16.4. The van der Waals surface area contributed by atoms with Crippen molar-refractivity contribution in [2.45, 2.75) is 32.4 Å². The summed E-state index contributed by atoms with van der Waals surface area (Å²) in [6.45, 7) is 3.75. The van der Waals surface area contributed by atoms with Crippen molar-refractivity contribution in [3.63, 3.8) is 0 Å². The fourth-order valence-corrected chi connectivity index (χ4v) is 2.94. The predicted molar refractivity (Wildman–Crippen MR) is 83.6 cm³/mol. The summed E-state index contributed by atoms with van der Waals surface area (Å²) < 4.78 is 24.3. The van der Waals surface area contributed by atoms with E-state index in [1.165, 1.54) is 6.07 Å². The van der Waals surface area contributed by atoms with Gasteiger partial charge in [-0.25, -0.2) is 4.39 Å². The summed E-state index contributed by atoms with van der Waals surface area (Å²) in [6, 6.07) is 4.74. The van der Waals surface area contributed by atoms with Crippen molar-refractivity contribution in [1.82, 2.24) is 15.5 Å². The molecule has 0 bridgehead atoms. The first-order valence-corrected chi connectivity index (χ1v) is 8.06. The Morgan fingerprint density at radius 3 is 2.83 bits per heavy atom. The fraction of sp³-hybridized carbons (Fsp3) is 0.500. The highest BCUT2D eigenvalue weighted by atomic mass is 35.5. The molecular formula is C16H19ClFN3O2. The molecular weight excluding hydrogens is 321 g/mol. The quantitative estimate of drug-likeness (QED) is 0.904. The topological polar surface area (TPSA) is 60.2 Å². The van der Waals surface area contributed by atoms with Crippen LogP contribution in [0.15, 0.2) is 22.7 Å². The maximum Gasteiger partial charge on any atom is 0.244 e. The van der Waals surface area contributed by atoms with Crippen LogP contribution in [0.3, 0.4) is 0 Å². The number of benzene rings is 1. The first-order valence-electron chi connectivity index (χ1n) is 7.69. The van der Waals surface area contributed by atoms with E-state index in [2.05, 4.69) is 15.5 Å². The molecule has 0 spiro atoms. The Kier molecular flexibility index (Phi) is 5.25. The third kappa shape index (κ3) is 4.07. The van der Waals surface area contributed by atoms with Crippen molar-refractivity contribution in [2.24, 2.45) is 5.92 Å². The van der Waals surface area contributed by atoms with E-state index in [9.17, 15) is 4.39 Å². The molecule has 2 aromatic rings. The second-order valence-electron chi connectivity index (χ2n) is 5.74. The summed E-state index contributed by atoms with van der Waals surface area (Å²) in [5.41, 5.74) is 0.820. The zero-order valence-electron chi connectivity index (χ0n) is 12.9. The Labute approximate surface area is 139 Å². The van der Waals surface area contributed by atoms with Crippen LogP contribution in [-0.4, -0.2) is 23.4 Å². The predicted octanol–water partition coefficient (Wildman–Crippen LogP) is 3.43. The average Bonchev–Trinajstić information content (AvgIpc) is 2.98. The van der Waals surface area contributed by atoms with E-state index in [0.29, 0.717) is 24.2 Å². The van der Waals surface area contributed by atoms with Crippen LogP contribution in [-0.2, 0) is 11.3 Å². The van der Waals surface area contributed by atoms with Gasteiger partial charge >= 0.3 is 0 Å². The van der Waals surface area contributed by atoms with Crippen LogP contribution >= 0.6 is 11.6 Å². The Morgan fingerprint density at radius 1 is 1.39 bits per heavy atom. The highest BCUT2D eigenvalue weighted by Crippen LogP contribution is 2.29. The van der Waals surface area contributed by atoms with E-state index >= 15 is 0 Å². The lowest BCUT2D eigenvalue weighted by atomic mass is 9.91. The van der Waals surface area contributed by atoms with Crippen molar-refractivity contribution in [3.8, 4) is 0 Å². The van der Waals surface area contributed by atoms with Crippen molar-refractivity contribution < 1.29 is 13.7 Å². The van der Waals surface area contributed by atoms with Crippen LogP contribution in [0.5, 0.6) is 0 Å². The van der Waals surface area contributed by atoms with Gasteiger partial charge in [0.25, 0.3) is 0 Å². The second kappa shape index (κ2) is 7.38. The van der Waals surface area contributed by atoms with Gasteiger partial charge < -0.3 is 14.6 Å². The third-order valence-corrected chi connectivity index (χ3v) is 4.36. The first-order chi connectivity index (χ1) is 11.1. The minimum absolute atomic E-state index is 0.0705. The van der Waals surface area contributed by atoms with Crippen LogP contribution in [0.25, 0.3) is 0 Å². The van der Waals surface area contributed by atoms with Crippen LogP contribution in [0.1, 0.15) is 36.2 Å². The molecule has 0 aliphatic carbocycles. The molecule has 23 heavy (non-hydrogen) atoms. The molecule has 1 aromatic heterocycles. The Balaban J connectivity index is 1.73. The molecule has 124 valence electrons. The molecule has 1 saturated heterocycles. The third-order valence-electron chi connectivity index (χ3n) is 4.06. The van der Waals surface area contributed by atoms with Gasteiger partial charge in [0.1, 0.15) is 5.82 Å². The van der Waals surface area contributed by atoms with Crippen LogP contribution in [0, 0.1) is 18.7 Å². The molecule has 7 heteroatoms. The average molecular weight is 340 g/mol. The molecule has 1 aromatic carbocycles. The molecule has 0 amide bonds. The van der Waals surface area contributed by atoms with Gasteiger partial charge in [0, 0.05) is 19.8 Å². The number of nitrogens with one attached hydrogen (secondary N) is 1. The lowest BCUT2D eigenvalue weighted by Gasteiger charge is -2.28. The van der Waals surface area contributed by atoms with Gasteiger partial charge in [0.05, 0.1) is 11.1 Å².